The maximum absolute atomic E-state index is 13.0. The summed E-state index contributed by atoms with van der Waals surface area (Å²) in [7, 11) is -4.17. The van der Waals surface area contributed by atoms with Crippen LogP contribution in [-0.2, 0) is 16.2 Å². The van der Waals surface area contributed by atoms with Crippen molar-refractivity contribution in [3.05, 3.63) is 72.3 Å². The van der Waals surface area contributed by atoms with Crippen molar-refractivity contribution in [2.75, 3.05) is 11.3 Å². The molecule has 0 aromatic heterocycles. The summed E-state index contributed by atoms with van der Waals surface area (Å²) in [4.78, 5) is 12.1. The monoisotopic (exact) mass is 398 g/mol. The van der Waals surface area contributed by atoms with Crippen LogP contribution in [0.4, 0.5) is 18.9 Å². The summed E-state index contributed by atoms with van der Waals surface area (Å²) in [6.07, 6.45) is -2.67. The summed E-state index contributed by atoms with van der Waals surface area (Å²) in [5.41, 5.74) is -1.74. The van der Waals surface area contributed by atoms with Crippen LogP contribution < -0.4 is 10.0 Å². The molecule has 144 valence electrons. The Morgan fingerprint density at radius 3 is 2.37 bits per heavy atom. The maximum Gasteiger partial charge on any atom is 0.416 e. The van der Waals surface area contributed by atoms with E-state index in [1.807, 2.05) is 0 Å². The molecular formula is C18H17F3N2O3S. The first-order chi connectivity index (χ1) is 12.6. The molecular weight excluding hydrogens is 381 g/mol. The van der Waals surface area contributed by atoms with E-state index in [2.05, 4.69) is 16.6 Å². The quantitative estimate of drug-likeness (QED) is 0.550. The number of amides is 1. The van der Waals surface area contributed by atoms with E-state index in [0.717, 1.165) is 12.1 Å². The molecule has 27 heavy (non-hydrogen) atoms. The zero-order valence-corrected chi connectivity index (χ0v) is 14.9. The lowest BCUT2D eigenvalue weighted by Gasteiger charge is -2.15. The number of alkyl halides is 3. The molecule has 0 radical (unpaired) electrons. The van der Waals surface area contributed by atoms with Crippen LogP contribution in [0.2, 0.25) is 0 Å². The molecule has 2 aromatic carbocycles. The number of halogens is 3. The molecule has 2 rings (SSSR count). The number of nitrogens with one attached hydrogen (secondary N) is 2. The molecule has 0 heterocycles. The van der Waals surface area contributed by atoms with Gasteiger partial charge < -0.3 is 5.32 Å². The highest BCUT2D eigenvalue weighted by atomic mass is 32.2. The Bertz CT molecular complexity index is 927. The molecule has 0 bridgehead atoms. The zero-order valence-electron chi connectivity index (χ0n) is 14.1. The van der Waals surface area contributed by atoms with Gasteiger partial charge in [0, 0.05) is 6.54 Å². The zero-order chi connectivity index (χ0) is 20.1. The van der Waals surface area contributed by atoms with E-state index in [-0.39, 0.29) is 17.0 Å². The SMILES string of the molecule is C=CCCNC(=O)c1ccc(C(F)(F)F)cc1NS(=O)(=O)c1ccccc1. The first-order valence-electron chi connectivity index (χ1n) is 7.83. The van der Waals surface area contributed by atoms with E-state index in [4.69, 9.17) is 0 Å². The van der Waals surface area contributed by atoms with Gasteiger partial charge in [-0.2, -0.15) is 13.2 Å². The molecule has 5 nitrogen and oxygen atoms in total. The van der Waals surface area contributed by atoms with Crippen LogP contribution in [0, 0.1) is 0 Å². The van der Waals surface area contributed by atoms with E-state index in [9.17, 15) is 26.4 Å². The summed E-state index contributed by atoms with van der Waals surface area (Å²) >= 11 is 0. The number of rotatable bonds is 7. The number of sulfonamides is 1. The smallest absolute Gasteiger partial charge is 0.352 e. The molecule has 0 unspecified atom stereocenters. The van der Waals surface area contributed by atoms with Crippen LogP contribution in [0.1, 0.15) is 22.3 Å². The van der Waals surface area contributed by atoms with Crippen LogP contribution >= 0.6 is 0 Å². The normalized spacial score (nSPS) is 11.7. The van der Waals surface area contributed by atoms with Crippen molar-refractivity contribution >= 4 is 21.6 Å². The third-order valence-corrected chi connectivity index (χ3v) is 4.90. The number of anilines is 1. The van der Waals surface area contributed by atoms with E-state index >= 15 is 0 Å². The third kappa shape index (κ3) is 5.33. The molecule has 0 fully saturated rings. The molecule has 9 heteroatoms. The van der Waals surface area contributed by atoms with Gasteiger partial charge >= 0.3 is 6.18 Å². The van der Waals surface area contributed by atoms with Crippen LogP contribution in [0.5, 0.6) is 0 Å². The second-order valence-electron chi connectivity index (χ2n) is 5.51. The van der Waals surface area contributed by atoms with Gasteiger partial charge in [-0.25, -0.2) is 8.42 Å². The summed E-state index contributed by atoms with van der Waals surface area (Å²) in [5, 5.41) is 2.50. The highest BCUT2D eigenvalue weighted by Crippen LogP contribution is 2.33. The number of hydrogen-bond donors (Lipinski definition) is 2. The van der Waals surface area contributed by atoms with E-state index in [0.29, 0.717) is 12.5 Å². The molecule has 0 aliphatic heterocycles. The predicted octanol–water partition coefficient (Wildman–Crippen LogP) is 3.81. The fourth-order valence-electron chi connectivity index (χ4n) is 2.19. The summed E-state index contributed by atoms with van der Waals surface area (Å²) in [6.45, 7) is 3.72. The van der Waals surface area contributed by atoms with Gasteiger partial charge in [0.05, 0.1) is 21.7 Å². The highest BCUT2D eigenvalue weighted by Gasteiger charge is 2.32. The molecule has 0 aliphatic carbocycles. The van der Waals surface area contributed by atoms with Gasteiger partial charge in [0.1, 0.15) is 0 Å². The lowest BCUT2D eigenvalue weighted by molar-refractivity contribution is -0.137. The lowest BCUT2D eigenvalue weighted by atomic mass is 10.1. The van der Waals surface area contributed by atoms with Gasteiger partial charge in [-0.3, -0.25) is 9.52 Å². The average molecular weight is 398 g/mol. The summed E-state index contributed by atoms with van der Waals surface area (Å²) in [6, 6.07) is 9.40. The number of carbonyl (C=O) groups is 1. The Hall–Kier alpha value is -2.81. The Balaban J connectivity index is 2.44. The molecule has 1 amide bonds. The first-order valence-corrected chi connectivity index (χ1v) is 9.31. The number of carbonyl (C=O) groups excluding carboxylic acids is 1. The third-order valence-electron chi connectivity index (χ3n) is 3.52. The minimum Gasteiger partial charge on any atom is -0.352 e. The molecule has 2 aromatic rings. The molecule has 0 atom stereocenters. The second-order valence-corrected chi connectivity index (χ2v) is 7.19. The molecule has 0 spiro atoms. The van der Waals surface area contributed by atoms with Crippen molar-refractivity contribution in [3.63, 3.8) is 0 Å². The van der Waals surface area contributed by atoms with Gasteiger partial charge in [-0.15, -0.1) is 6.58 Å². The highest BCUT2D eigenvalue weighted by molar-refractivity contribution is 7.92. The largest absolute Gasteiger partial charge is 0.416 e. The Kier molecular flexibility index (Phi) is 6.27. The van der Waals surface area contributed by atoms with Crippen LogP contribution in [0.3, 0.4) is 0 Å². The van der Waals surface area contributed by atoms with Crippen molar-refractivity contribution in [2.24, 2.45) is 0 Å². The summed E-state index contributed by atoms with van der Waals surface area (Å²) in [5.74, 6) is -0.698. The second kappa shape index (κ2) is 8.26. The standard InChI is InChI=1S/C18H17F3N2O3S/c1-2-3-11-22-17(24)15-10-9-13(18(19,20)21)12-16(15)23-27(25,26)14-7-5-4-6-8-14/h2,4-10,12,23H,1,3,11H2,(H,22,24). The van der Waals surface area contributed by atoms with Crippen LogP contribution in [0.25, 0.3) is 0 Å². The van der Waals surface area contributed by atoms with Crippen molar-refractivity contribution in [2.45, 2.75) is 17.5 Å². The fourth-order valence-corrected chi connectivity index (χ4v) is 3.28. The van der Waals surface area contributed by atoms with Gasteiger partial charge in [0.25, 0.3) is 15.9 Å². The summed E-state index contributed by atoms with van der Waals surface area (Å²) < 4.78 is 66.0. The fraction of sp³-hybridized carbons (Fsp3) is 0.167. The van der Waals surface area contributed by atoms with Crippen LogP contribution in [-0.4, -0.2) is 20.9 Å². The lowest BCUT2D eigenvalue weighted by Crippen LogP contribution is -2.26. The minimum atomic E-state index is -4.69. The Labute approximate surface area is 155 Å². The van der Waals surface area contributed by atoms with E-state index < -0.39 is 33.4 Å². The van der Waals surface area contributed by atoms with Crippen molar-refractivity contribution in [1.82, 2.24) is 5.32 Å². The molecule has 0 aliphatic rings. The average Bonchev–Trinajstić information content (AvgIpc) is 2.61. The van der Waals surface area contributed by atoms with Crippen molar-refractivity contribution in [3.8, 4) is 0 Å². The maximum atomic E-state index is 13.0. The Morgan fingerprint density at radius 1 is 1.11 bits per heavy atom. The van der Waals surface area contributed by atoms with Crippen LogP contribution in [0.15, 0.2) is 66.1 Å². The number of hydrogen-bond acceptors (Lipinski definition) is 3. The molecule has 0 saturated heterocycles. The van der Waals surface area contributed by atoms with Gasteiger partial charge in [-0.1, -0.05) is 24.3 Å². The van der Waals surface area contributed by atoms with Gasteiger partial charge in [-0.05, 0) is 36.8 Å². The molecule has 0 saturated carbocycles. The molecule has 2 N–H and O–H groups in total. The minimum absolute atomic E-state index is 0.138. The predicted molar refractivity (Wildman–Crippen MR) is 95.8 cm³/mol. The number of benzene rings is 2. The van der Waals surface area contributed by atoms with Gasteiger partial charge in [0.2, 0.25) is 0 Å². The van der Waals surface area contributed by atoms with E-state index in [1.165, 1.54) is 24.3 Å². The van der Waals surface area contributed by atoms with Crippen molar-refractivity contribution < 1.29 is 26.4 Å². The first kappa shape index (κ1) is 20.5. The topological polar surface area (TPSA) is 75.3 Å². The van der Waals surface area contributed by atoms with Crippen molar-refractivity contribution in [1.29, 1.82) is 0 Å². The Morgan fingerprint density at radius 2 is 1.78 bits per heavy atom. The van der Waals surface area contributed by atoms with Gasteiger partial charge in [0.15, 0.2) is 0 Å². The van der Waals surface area contributed by atoms with E-state index in [1.54, 1.807) is 12.1 Å².